The fourth-order valence-electron chi connectivity index (χ4n) is 8.15. The predicted octanol–water partition coefficient (Wildman–Crippen LogP) is 2.06. The fraction of sp³-hybridized carbons (Fsp3) is 0.852. The first-order chi connectivity index (χ1) is 15.5. The van der Waals surface area contributed by atoms with E-state index in [4.69, 9.17) is 0 Å². The maximum absolute atomic E-state index is 13.2. The standard InChI is InChI=1S/C27H42O7/c1-23(2,32)9-8-22(31)26(5,33)21-7-11-27(34)16-12-18(28)17-13-19(29)20(30)14-24(17,3)15(16)6-10-25(21,27)4/h12,15,17,19,21-22,29,31-34H,6-11,13-14H2,1-5H3/t15-,17-,19-,21-,22+,24+,25+,26+,27+/m0/s1. The number of carbonyl (C=O) groups excluding carboxylic acids is 2. The molecule has 0 saturated heterocycles. The molecular weight excluding hydrogens is 436 g/mol. The molecule has 9 atom stereocenters. The Balaban J connectivity index is 1.67. The van der Waals surface area contributed by atoms with E-state index in [1.54, 1.807) is 26.8 Å². The van der Waals surface area contributed by atoms with Crippen molar-refractivity contribution in [3.05, 3.63) is 11.6 Å². The minimum Gasteiger partial charge on any atom is -0.390 e. The molecule has 0 aliphatic heterocycles. The number of rotatable bonds is 5. The molecule has 4 rings (SSSR count). The highest BCUT2D eigenvalue weighted by atomic mass is 16.3. The monoisotopic (exact) mass is 478 g/mol. The molecule has 0 aromatic heterocycles. The lowest BCUT2D eigenvalue weighted by Crippen LogP contribution is -2.62. The van der Waals surface area contributed by atoms with Crippen molar-refractivity contribution in [3.63, 3.8) is 0 Å². The molecule has 3 saturated carbocycles. The summed E-state index contributed by atoms with van der Waals surface area (Å²) in [6.45, 7) is 8.86. The summed E-state index contributed by atoms with van der Waals surface area (Å²) in [6, 6.07) is 0. The molecule has 0 bridgehead atoms. The quantitative estimate of drug-likeness (QED) is 0.408. The third-order valence-electron chi connectivity index (χ3n) is 10.3. The zero-order valence-corrected chi connectivity index (χ0v) is 21.2. The molecule has 34 heavy (non-hydrogen) atoms. The topological polar surface area (TPSA) is 135 Å². The van der Waals surface area contributed by atoms with Crippen molar-refractivity contribution in [1.29, 1.82) is 0 Å². The molecule has 4 aliphatic carbocycles. The molecular formula is C27H42O7. The van der Waals surface area contributed by atoms with Gasteiger partial charge in [-0.3, -0.25) is 9.59 Å². The van der Waals surface area contributed by atoms with Crippen LogP contribution in [0.25, 0.3) is 0 Å². The van der Waals surface area contributed by atoms with Crippen LogP contribution >= 0.6 is 0 Å². The van der Waals surface area contributed by atoms with Gasteiger partial charge in [0.05, 0.1) is 22.9 Å². The van der Waals surface area contributed by atoms with E-state index in [0.717, 1.165) is 0 Å². The molecule has 0 aromatic rings. The number of hydrogen-bond acceptors (Lipinski definition) is 7. The molecule has 0 amide bonds. The number of aliphatic hydroxyl groups excluding tert-OH is 2. The van der Waals surface area contributed by atoms with Gasteiger partial charge in [-0.05, 0) is 94.6 Å². The van der Waals surface area contributed by atoms with Crippen LogP contribution in [0.1, 0.15) is 86.0 Å². The zero-order chi connectivity index (χ0) is 25.5. The first kappa shape index (κ1) is 26.0. The van der Waals surface area contributed by atoms with Crippen LogP contribution in [0.15, 0.2) is 11.6 Å². The van der Waals surface area contributed by atoms with Crippen molar-refractivity contribution < 1.29 is 35.1 Å². The van der Waals surface area contributed by atoms with Crippen molar-refractivity contribution in [1.82, 2.24) is 0 Å². The smallest absolute Gasteiger partial charge is 0.161 e. The maximum atomic E-state index is 13.2. The second-order valence-corrected chi connectivity index (χ2v) is 13.0. The van der Waals surface area contributed by atoms with Gasteiger partial charge < -0.3 is 25.5 Å². The van der Waals surface area contributed by atoms with E-state index in [1.165, 1.54) is 0 Å². The van der Waals surface area contributed by atoms with Crippen molar-refractivity contribution in [2.24, 2.45) is 28.6 Å². The largest absolute Gasteiger partial charge is 0.390 e. The molecule has 7 heteroatoms. The summed E-state index contributed by atoms with van der Waals surface area (Å²) in [7, 11) is 0. The predicted molar refractivity (Wildman–Crippen MR) is 126 cm³/mol. The highest BCUT2D eigenvalue weighted by Gasteiger charge is 2.69. The average Bonchev–Trinajstić information content (AvgIpc) is 3.00. The first-order valence-corrected chi connectivity index (χ1v) is 12.8. The van der Waals surface area contributed by atoms with E-state index in [0.29, 0.717) is 37.7 Å². The van der Waals surface area contributed by atoms with Crippen LogP contribution in [0.2, 0.25) is 0 Å². The van der Waals surface area contributed by atoms with Crippen LogP contribution in [0.4, 0.5) is 0 Å². The fourth-order valence-corrected chi connectivity index (χ4v) is 8.15. The summed E-state index contributed by atoms with van der Waals surface area (Å²) in [4.78, 5) is 25.7. The Morgan fingerprint density at radius 1 is 1.09 bits per heavy atom. The summed E-state index contributed by atoms with van der Waals surface area (Å²) >= 11 is 0. The summed E-state index contributed by atoms with van der Waals surface area (Å²) in [6.07, 6.45) is 2.34. The van der Waals surface area contributed by atoms with Crippen molar-refractivity contribution in [3.8, 4) is 0 Å². The van der Waals surface area contributed by atoms with Gasteiger partial charge in [0.2, 0.25) is 0 Å². The molecule has 0 radical (unpaired) electrons. The Kier molecular flexibility index (Phi) is 6.06. The van der Waals surface area contributed by atoms with E-state index in [-0.39, 0.29) is 36.7 Å². The minimum absolute atomic E-state index is 0.121. The van der Waals surface area contributed by atoms with Gasteiger partial charge in [-0.25, -0.2) is 0 Å². The Labute approximate surface area is 202 Å². The van der Waals surface area contributed by atoms with E-state index in [1.807, 2.05) is 13.8 Å². The number of Topliss-reactive ketones (excluding diaryl/α,β-unsaturated/α-hetero) is 1. The van der Waals surface area contributed by atoms with E-state index < -0.39 is 51.7 Å². The van der Waals surface area contributed by atoms with Crippen molar-refractivity contribution >= 4 is 11.6 Å². The second kappa shape index (κ2) is 7.94. The first-order valence-electron chi connectivity index (χ1n) is 12.8. The average molecular weight is 479 g/mol. The molecule has 0 spiro atoms. The molecule has 7 nitrogen and oxygen atoms in total. The summed E-state index contributed by atoms with van der Waals surface area (Å²) in [5, 5.41) is 54.9. The van der Waals surface area contributed by atoms with Crippen LogP contribution in [0, 0.1) is 28.6 Å². The molecule has 0 unspecified atom stereocenters. The van der Waals surface area contributed by atoms with E-state index >= 15 is 0 Å². The van der Waals surface area contributed by atoms with Crippen LogP contribution in [0.3, 0.4) is 0 Å². The summed E-state index contributed by atoms with van der Waals surface area (Å²) < 4.78 is 0. The number of hydrogen-bond donors (Lipinski definition) is 5. The molecule has 5 N–H and O–H groups in total. The molecule has 4 aliphatic rings. The van der Waals surface area contributed by atoms with Crippen LogP contribution in [0.5, 0.6) is 0 Å². The van der Waals surface area contributed by atoms with Crippen LogP contribution in [-0.4, -0.2) is 66.1 Å². The highest BCUT2D eigenvalue weighted by Crippen LogP contribution is 2.68. The normalized spacial score (nSPS) is 45.1. The Morgan fingerprint density at radius 3 is 2.35 bits per heavy atom. The lowest BCUT2D eigenvalue weighted by molar-refractivity contribution is -0.173. The second-order valence-electron chi connectivity index (χ2n) is 13.0. The Hall–Kier alpha value is -1.12. The third-order valence-corrected chi connectivity index (χ3v) is 10.3. The number of allylic oxidation sites excluding steroid dienone is 1. The molecule has 0 heterocycles. The minimum atomic E-state index is -1.48. The summed E-state index contributed by atoms with van der Waals surface area (Å²) in [5.74, 6) is -1.37. The zero-order valence-electron chi connectivity index (χ0n) is 21.2. The van der Waals surface area contributed by atoms with Gasteiger partial charge in [0.15, 0.2) is 11.6 Å². The van der Waals surface area contributed by atoms with E-state index in [2.05, 4.69) is 0 Å². The number of carbonyl (C=O) groups is 2. The van der Waals surface area contributed by atoms with Crippen LogP contribution < -0.4 is 0 Å². The number of aliphatic hydroxyl groups is 5. The Bertz CT molecular complexity index is 901. The SMILES string of the molecule is CC(C)(O)CC[C@@H](O)[C@](C)(O)[C@H]1CC[C@@]2(O)C3=CC(=O)[C@@H]4C[C@H](O)C(=O)C[C@]4(C)[C@H]3CC[C@]12C. The van der Waals surface area contributed by atoms with Gasteiger partial charge in [0.25, 0.3) is 0 Å². The molecule has 3 fully saturated rings. The lowest BCUT2D eigenvalue weighted by atomic mass is 9.45. The highest BCUT2D eigenvalue weighted by molar-refractivity contribution is 5.97. The van der Waals surface area contributed by atoms with Gasteiger partial charge in [-0.1, -0.05) is 13.8 Å². The van der Waals surface area contributed by atoms with Crippen molar-refractivity contribution in [2.45, 2.75) is 115 Å². The van der Waals surface area contributed by atoms with Gasteiger partial charge in [-0.2, -0.15) is 0 Å². The Morgan fingerprint density at radius 2 is 1.74 bits per heavy atom. The number of ketones is 2. The lowest BCUT2D eigenvalue weighted by Gasteiger charge is -2.60. The van der Waals surface area contributed by atoms with Gasteiger partial charge in [-0.15, -0.1) is 0 Å². The van der Waals surface area contributed by atoms with Crippen LogP contribution in [-0.2, 0) is 9.59 Å². The molecule has 0 aromatic carbocycles. The number of fused-ring (bicyclic) bond motifs is 5. The molecule has 192 valence electrons. The van der Waals surface area contributed by atoms with Gasteiger partial charge >= 0.3 is 0 Å². The van der Waals surface area contributed by atoms with Crippen molar-refractivity contribution in [2.75, 3.05) is 0 Å². The van der Waals surface area contributed by atoms with Gasteiger partial charge in [0.1, 0.15) is 6.10 Å². The maximum Gasteiger partial charge on any atom is 0.161 e. The third kappa shape index (κ3) is 3.65. The van der Waals surface area contributed by atoms with E-state index in [9.17, 15) is 35.1 Å². The summed E-state index contributed by atoms with van der Waals surface area (Å²) in [5.41, 5.74) is -4.48. The van der Waals surface area contributed by atoms with Gasteiger partial charge in [0, 0.05) is 17.8 Å².